The molecule has 1 aromatic heterocycles. The number of amides is 1. The van der Waals surface area contributed by atoms with Gasteiger partial charge in [0.2, 0.25) is 0 Å². The Kier molecular flexibility index (Phi) is 4.47. The third-order valence-electron chi connectivity index (χ3n) is 3.57. The lowest BCUT2D eigenvalue weighted by molar-refractivity contribution is 0.0950. The monoisotopic (exact) mass is 286 g/mol. The second kappa shape index (κ2) is 6.30. The maximum atomic E-state index is 12.2. The highest BCUT2D eigenvalue weighted by Gasteiger charge is 2.13. The second-order valence-corrected chi connectivity index (χ2v) is 4.95. The minimum Gasteiger partial charge on any atom is -0.267 e. The molecule has 6 nitrogen and oxygen atoms in total. The van der Waals surface area contributed by atoms with E-state index in [1.165, 1.54) is 0 Å². The van der Waals surface area contributed by atoms with Crippen LogP contribution in [0.1, 0.15) is 37.7 Å². The average Bonchev–Trinajstić information content (AvgIpc) is 2.52. The molecule has 0 spiro atoms. The number of hydrogen-bond donors (Lipinski definition) is 2. The zero-order valence-electron chi connectivity index (χ0n) is 12.3. The van der Waals surface area contributed by atoms with Crippen LogP contribution in [0.3, 0.4) is 0 Å². The van der Waals surface area contributed by atoms with Crippen molar-refractivity contribution in [2.45, 2.75) is 27.2 Å². The molecule has 0 fully saturated rings. The van der Waals surface area contributed by atoms with Crippen LogP contribution in [0.4, 0.5) is 0 Å². The predicted molar refractivity (Wildman–Crippen MR) is 82.4 cm³/mol. The fourth-order valence-corrected chi connectivity index (χ4v) is 1.89. The summed E-state index contributed by atoms with van der Waals surface area (Å²) in [4.78, 5) is 23.9. The van der Waals surface area contributed by atoms with Gasteiger partial charge in [0, 0.05) is 11.1 Å². The molecule has 0 bridgehead atoms. The summed E-state index contributed by atoms with van der Waals surface area (Å²) >= 11 is 0. The number of hydrogen-bond acceptors (Lipinski definition) is 4. The van der Waals surface area contributed by atoms with Gasteiger partial charge in [-0.25, -0.2) is 10.5 Å². The van der Waals surface area contributed by atoms with E-state index < -0.39 is 5.91 Å². The molecule has 1 heterocycles. The standard InChI is InChI=1S/C15H18N4O2/c1-4-9(2)10(3)16-19-15(21)13-11-7-5-6-8-12(11)14(20)18-17-13/h5-9H,4H2,1-3H3,(H,18,20)(H,19,21)/b16-10-/t9-/m0/s1. The molecule has 1 amide bonds. The van der Waals surface area contributed by atoms with Crippen molar-refractivity contribution >= 4 is 22.4 Å². The molecule has 2 rings (SSSR count). The maximum absolute atomic E-state index is 12.2. The molecule has 0 unspecified atom stereocenters. The topological polar surface area (TPSA) is 87.2 Å². The van der Waals surface area contributed by atoms with Gasteiger partial charge in [-0.05, 0) is 25.3 Å². The molecule has 2 aromatic rings. The normalized spacial score (nSPS) is 13.2. The van der Waals surface area contributed by atoms with E-state index in [1.807, 2.05) is 13.8 Å². The van der Waals surface area contributed by atoms with Gasteiger partial charge in [-0.3, -0.25) is 9.59 Å². The van der Waals surface area contributed by atoms with Crippen LogP contribution < -0.4 is 11.0 Å². The van der Waals surface area contributed by atoms with Gasteiger partial charge in [0.25, 0.3) is 11.5 Å². The summed E-state index contributed by atoms with van der Waals surface area (Å²) in [7, 11) is 0. The Morgan fingerprint density at radius 2 is 2.05 bits per heavy atom. The van der Waals surface area contributed by atoms with Crippen molar-refractivity contribution < 1.29 is 4.79 Å². The minimum atomic E-state index is -0.440. The van der Waals surface area contributed by atoms with Crippen molar-refractivity contribution in [2.75, 3.05) is 0 Å². The molecule has 1 aromatic carbocycles. The van der Waals surface area contributed by atoms with Crippen LogP contribution in [0.5, 0.6) is 0 Å². The molecule has 110 valence electrons. The number of aromatic amines is 1. The van der Waals surface area contributed by atoms with Crippen LogP contribution in [-0.2, 0) is 0 Å². The van der Waals surface area contributed by atoms with Gasteiger partial charge < -0.3 is 0 Å². The number of nitrogens with one attached hydrogen (secondary N) is 2. The third-order valence-corrected chi connectivity index (χ3v) is 3.57. The molecule has 0 radical (unpaired) electrons. The van der Waals surface area contributed by atoms with Gasteiger partial charge in [-0.1, -0.05) is 32.0 Å². The molecule has 0 aliphatic carbocycles. The number of nitrogens with zero attached hydrogens (tertiary/aromatic N) is 2. The maximum Gasteiger partial charge on any atom is 0.292 e. The average molecular weight is 286 g/mol. The molecule has 0 saturated heterocycles. The first-order valence-corrected chi connectivity index (χ1v) is 6.86. The molecule has 1 atom stereocenters. The molecule has 2 N–H and O–H groups in total. The number of benzene rings is 1. The summed E-state index contributed by atoms with van der Waals surface area (Å²) in [5, 5.41) is 11.2. The lowest BCUT2D eigenvalue weighted by atomic mass is 10.1. The van der Waals surface area contributed by atoms with Crippen molar-refractivity contribution in [3.8, 4) is 0 Å². The molecular formula is C15H18N4O2. The summed E-state index contributed by atoms with van der Waals surface area (Å²) in [6, 6.07) is 6.84. The zero-order chi connectivity index (χ0) is 15.4. The summed E-state index contributed by atoms with van der Waals surface area (Å²) in [5.74, 6) is -0.143. The Morgan fingerprint density at radius 1 is 1.38 bits per heavy atom. The van der Waals surface area contributed by atoms with Gasteiger partial charge in [-0.2, -0.15) is 10.2 Å². The number of carbonyl (C=O) groups is 1. The lowest BCUT2D eigenvalue weighted by Gasteiger charge is -2.08. The molecular weight excluding hydrogens is 268 g/mol. The summed E-state index contributed by atoms with van der Waals surface area (Å²) in [5.41, 5.74) is 3.18. The fourth-order valence-electron chi connectivity index (χ4n) is 1.89. The Bertz CT molecular complexity index is 749. The fraction of sp³-hybridized carbons (Fsp3) is 0.333. The number of aromatic nitrogens is 2. The molecule has 6 heteroatoms. The predicted octanol–water partition coefficient (Wildman–Crippen LogP) is 2.07. The molecule has 21 heavy (non-hydrogen) atoms. The van der Waals surface area contributed by atoms with Crippen LogP contribution in [0, 0.1) is 5.92 Å². The van der Waals surface area contributed by atoms with E-state index >= 15 is 0 Å². The smallest absolute Gasteiger partial charge is 0.267 e. The van der Waals surface area contributed by atoms with E-state index in [9.17, 15) is 9.59 Å². The van der Waals surface area contributed by atoms with Crippen molar-refractivity contribution in [1.29, 1.82) is 0 Å². The van der Waals surface area contributed by atoms with Gasteiger partial charge >= 0.3 is 0 Å². The van der Waals surface area contributed by atoms with Crippen LogP contribution in [-0.4, -0.2) is 21.8 Å². The van der Waals surface area contributed by atoms with Gasteiger partial charge in [0.15, 0.2) is 5.69 Å². The van der Waals surface area contributed by atoms with E-state index in [4.69, 9.17) is 0 Å². The Balaban J connectivity index is 2.33. The number of hydrazone groups is 1. The van der Waals surface area contributed by atoms with E-state index in [-0.39, 0.29) is 11.3 Å². The first kappa shape index (κ1) is 14.9. The molecule has 0 saturated carbocycles. The van der Waals surface area contributed by atoms with Gasteiger partial charge in [0.1, 0.15) is 0 Å². The van der Waals surface area contributed by atoms with Gasteiger partial charge in [0.05, 0.1) is 5.39 Å². The SMILES string of the molecule is CC[C@H](C)/C(C)=N\NC(=O)c1n[nH]c(=O)c2ccccc12. The van der Waals surface area contributed by atoms with Gasteiger partial charge in [-0.15, -0.1) is 0 Å². The Hall–Kier alpha value is -2.50. The highest BCUT2D eigenvalue weighted by atomic mass is 16.2. The van der Waals surface area contributed by atoms with Crippen molar-refractivity contribution in [3.05, 3.63) is 40.3 Å². The third kappa shape index (κ3) is 3.16. The zero-order valence-corrected chi connectivity index (χ0v) is 12.3. The molecule has 0 aliphatic rings. The van der Waals surface area contributed by atoms with Crippen LogP contribution in [0.25, 0.3) is 10.8 Å². The van der Waals surface area contributed by atoms with E-state index in [1.54, 1.807) is 24.3 Å². The van der Waals surface area contributed by atoms with Crippen LogP contribution >= 0.6 is 0 Å². The number of carbonyl (C=O) groups excluding carboxylic acids is 1. The quantitative estimate of drug-likeness (QED) is 0.666. The molecule has 0 aliphatic heterocycles. The highest BCUT2D eigenvalue weighted by molar-refractivity contribution is 6.05. The Morgan fingerprint density at radius 3 is 2.71 bits per heavy atom. The summed E-state index contributed by atoms with van der Waals surface area (Å²) in [6.45, 7) is 5.97. The van der Waals surface area contributed by atoms with E-state index in [0.717, 1.165) is 12.1 Å². The van der Waals surface area contributed by atoms with E-state index in [2.05, 4.69) is 27.6 Å². The van der Waals surface area contributed by atoms with Crippen molar-refractivity contribution in [2.24, 2.45) is 11.0 Å². The van der Waals surface area contributed by atoms with Crippen LogP contribution in [0.2, 0.25) is 0 Å². The lowest BCUT2D eigenvalue weighted by Crippen LogP contribution is -2.24. The van der Waals surface area contributed by atoms with E-state index in [0.29, 0.717) is 16.7 Å². The minimum absolute atomic E-state index is 0.158. The number of fused-ring (bicyclic) bond motifs is 1. The highest BCUT2D eigenvalue weighted by Crippen LogP contribution is 2.12. The van der Waals surface area contributed by atoms with Crippen LogP contribution in [0.15, 0.2) is 34.2 Å². The summed E-state index contributed by atoms with van der Waals surface area (Å²) < 4.78 is 0. The van der Waals surface area contributed by atoms with Crippen molar-refractivity contribution in [3.63, 3.8) is 0 Å². The summed E-state index contributed by atoms with van der Waals surface area (Å²) in [6.07, 6.45) is 0.949. The van der Waals surface area contributed by atoms with Crippen molar-refractivity contribution in [1.82, 2.24) is 15.6 Å². The number of H-pyrrole nitrogens is 1. The first-order valence-electron chi connectivity index (χ1n) is 6.86. The first-order chi connectivity index (χ1) is 10.0. The largest absolute Gasteiger partial charge is 0.292 e. The Labute approximate surface area is 122 Å². The second-order valence-electron chi connectivity index (χ2n) is 4.95. The number of rotatable bonds is 4.